The summed E-state index contributed by atoms with van der Waals surface area (Å²) in [6, 6.07) is 0. The fraction of sp³-hybridized carbons (Fsp3) is 0.778. The molecule has 1 aliphatic rings. The maximum Gasteiger partial charge on any atom is 0.0666 e. The van der Waals surface area contributed by atoms with E-state index in [2.05, 4.69) is 26.1 Å². The first kappa shape index (κ1) is 10.5. The highest BCUT2D eigenvalue weighted by molar-refractivity contribution is 8.00. The summed E-state index contributed by atoms with van der Waals surface area (Å²) in [6.45, 7) is 6.99. The van der Waals surface area contributed by atoms with Crippen LogP contribution >= 0.6 is 24.4 Å². The first-order valence-corrected chi connectivity index (χ1v) is 5.93. The first-order chi connectivity index (χ1) is 5.74. The lowest BCUT2D eigenvalue weighted by Crippen LogP contribution is -2.14. The zero-order valence-electron chi connectivity index (χ0n) is 7.45. The van der Waals surface area contributed by atoms with Gasteiger partial charge in [0.25, 0.3) is 0 Å². The summed E-state index contributed by atoms with van der Waals surface area (Å²) >= 11 is 6.12. The Bertz CT molecular complexity index is 159. The molecule has 1 heterocycles. The molecule has 0 amide bonds. The van der Waals surface area contributed by atoms with Crippen molar-refractivity contribution in [2.45, 2.75) is 24.7 Å². The van der Waals surface area contributed by atoms with E-state index in [0.29, 0.717) is 11.4 Å². The molecule has 0 N–H and O–H groups in total. The van der Waals surface area contributed by atoms with Crippen LogP contribution < -0.4 is 0 Å². The average molecular weight is 204 g/mol. The average Bonchev–Trinajstić information content (AvgIpc) is 2.47. The standard InChI is InChI=1S/C9H16OS2/c1-7(5-11)6-12-9-3-4-10-8(9)2/h8-9,11H,1,3-6H2,2H3. The quantitative estimate of drug-likeness (QED) is 0.556. The lowest BCUT2D eigenvalue weighted by molar-refractivity contribution is 0.127. The van der Waals surface area contributed by atoms with Crippen molar-refractivity contribution in [2.75, 3.05) is 18.1 Å². The summed E-state index contributed by atoms with van der Waals surface area (Å²) in [5, 5.41) is 0.668. The molecular weight excluding hydrogens is 188 g/mol. The van der Waals surface area contributed by atoms with Gasteiger partial charge in [0, 0.05) is 23.4 Å². The highest BCUT2D eigenvalue weighted by atomic mass is 32.2. The van der Waals surface area contributed by atoms with Crippen molar-refractivity contribution in [3.8, 4) is 0 Å². The Morgan fingerprint density at radius 1 is 1.75 bits per heavy atom. The largest absolute Gasteiger partial charge is 0.377 e. The van der Waals surface area contributed by atoms with E-state index in [-0.39, 0.29) is 0 Å². The molecule has 0 aromatic heterocycles. The molecule has 0 radical (unpaired) electrons. The monoisotopic (exact) mass is 204 g/mol. The Kier molecular flexibility index (Phi) is 4.54. The van der Waals surface area contributed by atoms with Gasteiger partial charge in [-0.25, -0.2) is 0 Å². The molecule has 1 rings (SSSR count). The molecule has 0 aliphatic carbocycles. The maximum absolute atomic E-state index is 5.46. The minimum absolute atomic E-state index is 0.419. The lowest BCUT2D eigenvalue weighted by Gasteiger charge is -2.13. The maximum atomic E-state index is 5.46. The van der Waals surface area contributed by atoms with Gasteiger partial charge in [0.2, 0.25) is 0 Å². The highest BCUT2D eigenvalue weighted by Crippen LogP contribution is 2.27. The molecule has 3 heteroatoms. The summed E-state index contributed by atoms with van der Waals surface area (Å²) < 4.78 is 5.46. The second-order valence-corrected chi connectivity index (χ2v) is 4.67. The van der Waals surface area contributed by atoms with Crippen LogP contribution in [0.1, 0.15) is 13.3 Å². The molecule has 1 nitrogen and oxygen atoms in total. The summed E-state index contributed by atoms with van der Waals surface area (Å²) in [5.74, 6) is 1.83. The summed E-state index contributed by atoms with van der Waals surface area (Å²) in [4.78, 5) is 0. The van der Waals surface area contributed by atoms with Crippen molar-refractivity contribution in [1.29, 1.82) is 0 Å². The van der Waals surface area contributed by atoms with Gasteiger partial charge in [-0.3, -0.25) is 0 Å². The number of hydrogen-bond acceptors (Lipinski definition) is 3. The van der Waals surface area contributed by atoms with Gasteiger partial charge in [-0.15, -0.1) is 0 Å². The van der Waals surface area contributed by atoms with E-state index in [0.717, 1.165) is 18.1 Å². The minimum atomic E-state index is 0.419. The van der Waals surface area contributed by atoms with Gasteiger partial charge in [-0.05, 0) is 13.3 Å². The molecule has 70 valence electrons. The van der Waals surface area contributed by atoms with Crippen LogP contribution in [-0.2, 0) is 4.74 Å². The number of rotatable bonds is 4. The Hall–Kier alpha value is 0.400. The van der Waals surface area contributed by atoms with Crippen LogP contribution in [-0.4, -0.2) is 29.5 Å². The molecule has 1 saturated heterocycles. The fourth-order valence-corrected chi connectivity index (χ4v) is 2.63. The topological polar surface area (TPSA) is 9.23 Å². The second-order valence-electron chi connectivity index (χ2n) is 3.12. The Balaban J connectivity index is 2.18. The van der Waals surface area contributed by atoms with Crippen LogP contribution in [0.15, 0.2) is 12.2 Å². The van der Waals surface area contributed by atoms with E-state index in [4.69, 9.17) is 4.74 Å². The minimum Gasteiger partial charge on any atom is -0.377 e. The van der Waals surface area contributed by atoms with Crippen LogP contribution in [0, 0.1) is 0 Å². The van der Waals surface area contributed by atoms with Crippen molar-refractivity contribution in [2.24, 2.45) is 0 Å². The SMILES string of the molecule is C=C(CS)CSC1CCOC1C. The molecule has 0 aromatic rings. The van der Waals surface area contributed by atoms with E-state index < -0.39 is 0 Å². The van der Waals surface area contributed by atoms with Crippen molar-refractivity contribution in [1.82, 2.24) is 0 Å². The fourth-order valence-electron chi connectivity index (χ4n) is 1.20. The Labute approximate surface area is 84.4 Å². The molecule has 0 spiro atoms. The van der Waals surface area contributed by atoms with Crippen LogP contribution in [0.25, 0.3) is 0 Å². The van der Waals surface area contributed by atoms with E-state index >= 15 is 0 Å². The van der Waals surface area contributed by atoms with Gasteiger partial charge < -0.3 is 4.74 Å². The van der Waals surface area contributed by atoms with Crippen molar-refractivity contribution >= 4 is 24.4 Å². The molecule has 12 heavy (non-hydrogen) atoms. The predicted molar refractivity (Wildman–Crippen MR) is 59.3 cm³/mol. The number of thiol groups is 1. The molecule has 0 saturated carbocycles. The van der Waals surface area contributed by atoms with Crippen LogP contribution in [0.2, 0.25) is 0 Å². The van der Waals surface area contributed by atoms with Crippen LogP contribution in [0.4, 0.5) is 0 Å². The molecule has 0 aromatic carbocycles. The summed E-state index contributed by atoms with van der Waals surface area (Å²) in [5.41, 5.74) is 1.21. The van der Waals surface area contributed by atoms with Gasteiger partial charge in [0.15, 0.2) is 0 Å². The third-order valence-corrected chi connectivity index (χ3v) is 4.10. The Morgan fingerprint density at radius 3 is 3.00 bits per heavy atom. The smallest absolute Gasteiger partial charge is 0.0666 e. The van der Waals surface area contributed by atoms with Crippen molar-refractivity contribution < 1.29 is 4.74 Å². The van der Waals surface area contributed by atoms with E-state index in [9.17, 15) is 0 Å². The van der Waals surface area contributed by atoms with Gasteiger partial charge in [0.05, 0.1) is 6.10 Å². The van der Waals surface area contributed by atoms with Gasteiger partial charge in [-0.1, -0.05) is 12.2 Å². The molecule has 2 atom stereocenters. The zero-order chi connectivity index (χ0) is 8.97. The third kappa shape index (κ3) is 3.04. The predicted octanol–water partition coefficient (Wildman–Crippen LogP) is 2.38. The van der Waals surface area contributed by atoms with Crippen LogP contribution in [0.3, 0.4) is 0 Å². The van der Waals surface area contributed by atoms with E-state index in [1.165, 1.54) is 12.0 Å². The molecule has 2 unspecified atom stereocenters. The van der Waals surface area contributed by atoms with Crippen molar-refractivity contribution in [3.63, 3.8) is 0 Å². The lowest BCUT2D eigenvalue weighted by atomic mass is 10.3. The van der Waals surface area contributed by atoms with Crippen molar-refractivity contribution in [3.05, 3.63) is 12.2 Å². The van der Waals surface area contributed by atoms with Gasteiger partial charge in [-0.2, -0.15) is 24.4 Å². The second kappa shape index (κ2) is 5.20. The highest BCUT2D eigenvalue weighted by Gasteiger charge is 2.24. The molecule has 1 fully saturated rings. The first-order valence-electron chi connectivity index (χ1n) is 4.24. The van der Waals surface area contributed by atoms with E-state index in [1.807, 2.05) is 11.8 Å². The third-order valence-electron chi connectivity index (χ3n) is 2.03. The number of ether oxygens (including phenoxy) is 1. The summed E-state index contributed by atoms with van der Waals surface area (Å²) in [6.07, 6.45) is 1.61. The van der Waals surface area contributed by atoms with Gasteiger partial charge >= 0.3 is 0 Å². The Morgan fingerprint density at radius 2 is 2.50 bits per heavy atom. The van der Waals surface area contributed by atoms with Crippen LogP contribution in [0.5, 0.6) is 0 Å². The number of thioether (sulfide) groups is 1. The van der Waals surface area contributed by atoms with E-state index in [1.54, 1.807) is 0 Å². The van der Waals surface area contributed by atoms with Gasteiger partial charge in [0.1, 0.15) is 0 Å². The molecular formula is C9H16OS2. The summed E-state index contributed by atoms with van der Waals surface area (Å²) in [7, 11) is 0. The number of hydrogen-bond donors (Lipinski definition) is 1. The molecule has 1 aliphatic heterocycles. The zero-order valence-corrected chi connectivity index (χ0v) is 9.16. The normalized spacial score (nSPS) is 29.2. The molecule has 0 bridgehead atoms.